The van der Waals surface area contributed by atoms with Gasteiger partial charge in [0.2, 0.25) is 0 Å². The zero-order chi connectivity index (χ0) is 20.6. The van der Waals surface area contributed by atoms with Crippen molar-refractivity contribution in [3.05, 3.63) is 39.5 Å². The van der Waals surface area contributed by atoms with E-state index in [0.29, 0.717) is 0 Å². The summed E-state index contributed by atoms with van der Waals surface area (Å²) in [6.45, 7) is 7.86. The average molecular weight is 500 g/mol. The maximum absolute atomic E-state index is 13.3. The number of aryl methyl sites for hydroxylation is 1. The summed E-state index contributed by atoms with van der Waals surface area (Å²) in [7, 11) is 0. The second-order valence-electron chi connectivity index (χ2n) is 8.31. The molecule has 0 unspecified atom stereocenters. The van der Waals surface area contributed by atoms with E-state index >= 15 is 0 Å². The van der Waals surface area contributed by atoms with E-state index in [9.17, 15) is 4.79 Å². The van der Waals surface area contributed by atoms with Crippen molar-refractivity contribution in [2.75, 3.05) is 50.8 Å². The smallest absolute Gasteiger partial charge is 0.264 e. The van der Waals surface area contributed by atoms with E-state index in [0.717, 1.165) is 87.9 Å². The molecule has 10 heteroatoms. The summed E-state index contributed by atoms with van der Waals surface area (Å²) in [4.78, 5) is 28.4. The Balaban J connectivity index is 0.00000144. The summed E-state index contributed by atoms with van der Waals surface area (Å²) in [5.41, 5.74) is 2.20. The van der Waals surface area contributed by atoms with Crippen molar-refractivity contribution in [3.63, 3.8) is 0 Å². The van der Waals surface area contributed by atoms with Crippen LogP contribution in [-0.4, -0.2) is 66.7 Å². The van der Waals surface area contributed by atoms with Crippen molar-refractivity contribution >= 4 is 47.9 Å². The molecule has 32 heavy (non-hydrogen) atoms. The molecule has 0 aromatic carbocycles. The Morgan fingerprint density at radius 2 is 1.91 bits per heavy atom. The summed E-state index contributed by atoms with van der Waals surface area (Å²) in [5, 5.41) is 3.43. The minimum Gasteiger partial charge on any atom is -0.369 e. The van der Waals surface area contributed by atoms with E-state index in [-0.39, 0.29) is 36.3 Å². The summed E-state index contributed by atoms with van der Waals surface area (Å²) in [5.74, 6) is 1.13. The summed E-state index contributed by atoms with van der Waals surface area (Å²) >= 11 is 1.67. The monoisotopic (exact) mass is 499 g/mol. The number of nitrogens with zero attached hydrogens (tertiary/aromatic N) is 4. The number of ether oxygens (including phenoxy) is 1. The number of piperazine rings is 1. The number of amides is 1. The highest BCUT2D eigenvalue weighted by molar-refractivity contribution is 7.14. The third-order valence-electron chi connectivity index (χ3n) is 6.56. The zero-order valence-electron chi connectivity index (χ0n) is 18.3. The highest BCUT2D eigenvalue weighted by Gasteiger charge is 2.41. The number of halogens is 2. The van der Waals surface area contributed by atoms with Crippen molar-refractivity contribution in [1.29, 1.82) is 0 Å². The Hall–Kier alpha value is -1.45. The molecule has 7 nitrogen and oxygen atoms in total. The van der Waals surface area contributed by atoms with Crippen LogP contribution in [0.25, 0.3) is 0 Å². The van der Waals surface area contributed by atoms with Crippen molar-refractivity contribution in [3.8, 4) is 0 Å². The van der Waals surface area contributed by atoms with Gasteiger partial charge in [0.15, 0.2) is 0 Å². The summed E-state index contributed by atoms with van der Waals surface area (Å²) < 4.78 is 6.28. The van der Waals surface area contributed by atoms with Gasteiger partial charge in [0.05, 0.1) is 11.5 Å². The summed E-state index contributed by atoms with van der Waals surface area (Å²) in [6, 6.07) is 4.20. The zero-order valence-corrected chi connectivity index (χ0v) is 20.8. The normalized spacial score (nSPS) is 19.7. The first-order chi connectivity index (χ1) is 14.7. The molecule has 2 fully saturated rings. The molecule has 3 aliphatic heterocycles. The predicted octanol–water partition coefficient (Wildman–Crippen LogP) is 3.06. The van der Waals surface area contributed by atoms with Crippen LogP contribution < -0.4 is 10.2 Å². The van der Waals surface area contributed by atoms with Crippen molar-refractivity contribution < 1.29 is 9.53 Å². The first kappa shape index (κ1) is 25.2. The van der Waals surface area contributed by atoms with E-state index in [1.165, 1.54) is 10.4 Å². The van der Waals surface area contributed by atoms with Crippen molar-refractivity contribution in [2.24, 2.45) is 0 Å². The average Bonchev–Trinajstić information content (AvgIpc) is 3.25. The molecule has 2 aromatic heterocycles. The van der Waals surface area contributed by atoms with Gasteiger partial charge in [-0.2, -0.15) is 0 Å². The van der Waals surface area contributed by atoms with Crippen LogP contribution in [-0.2, 0) is 23.2 Å². The number of hydrogen-bond donors (Lipinski definition) is 1. The van der Waals surface area contributed by atoms with Gasteiger partial charge in [-0.1, -0.05) is 6.92 Å². The van der Waals surface area contributed by atoms with E-state index in [1.807, 2.05) is 4.90 Å². The predicted molar refractivity (Wildman–Crippen MR) is 132 cm³/mol. The van der Waals surface area contributed by atoms with E-state index < -0.39 is 0 Å². The number of nitrogens with one attached hydrogen (secondary N) is 1. The second-order valence-corrected chi connectivity index (χ2v) is 9.36. The maximum Gasteiger partial charge on any atom is 0.264 e. The molecule has 2 saturated heterocycles. The molecule has 1 amide bonds. The molecule has 2 aromatic rings. The van der Waals surface area contributed by atoms with Crippen LogP contribution in [0.1, 0.15) is 45.6 Å². The van der Waals surface area contributed by atoms with Crippen LogP contribution in [0.2, 0.25) is 0 Å². The Kier molecular flexibility index (Phi) is 8.38. The van der Waals surface area contributed by atoms with Crippen molar-refractivity contribution in [1.82, 2.24) is 20.2 Å². The Labute approximate surface area is 205 Å². The third kappa shape index (κ3) is 4.75. The topological polar surface area (TPSA) is 70.6 Å². The number of hydrogen-bond acceptors (Lipinski definition) is 7. The van der Waals surface area contributed by atoms with E-state index in [4.69, 9.17) is 4.74 Å². The van der Waals surface area contributed by atoms with Gasteiger partial charge in [0.25, 0.3) is 5.91 Å². The van der Waals surface area contributed by atoms with Crippen LogP contribution in [0, 0.1) is 0 Å². The minimum atomic E-state index is -0.176. The molecule has 1 spiro atoms. The van der Waals surface area contributed by atoms with Gasteiger partial charge in [-0.15, -0.1) is 36.2 Å². The number of fused-ring (bicyclic) bond motifs is 2. The van der Waals surface area contributed by atoms with Gasteiger partial charge >= 0.3 is 0 Å². The molecule has 176 valence electrons. The quantitative estimate of drug-likeness (QED) is 0.699. The van der Waals surface area contributed by atoms with Crippen molar-refractivity contribution in [2.45, 2.75) is 38.2 Å². The largest absolute Gasteiger partial charge is 0.369 e. The fraction of sp³-hybridized carbons (Fsp3) is 0.591. The Morgan fingerprint density at radius 1 is 1.16 bits per heavy atom. The number of carbonyl (C=O) groups is 1. The molecule has 0 atom stereocenters. The Morgan fingerprint density at radius 3 is 2.62 bits per heavy atom. The fourth-order valence-corrected chi connectivity index (χ4v) is 6.15. The minimum absolute atomic E-state index is 0. The number of carbonyl (C=O) groups excluding carboxylic acids is 1. The lowest BCUT2D eigenvalue weighted by Gasteiger charge is -2.40. The summed E-state index contributed by atoms with van der Waals surface area (Å²) in [6.07, 6.45) is 5.44. The number of anilines is 1. The van der Waals surface area contributed by atoms with Crippen LogP contribution in [0.15, 0.2) is 18.5 Å². The molecule has 1 N–H and O–H groups in total. The Bertz CT molecular complexity index is 927. The SMILES string of the molecule is CCc1cc(N2CCN(C(=O)c3cc4c(s3)C3(CCNCC3)OCC4)CC2)ncn1.Cl.Cl. The second kappa shape index (κ2) is 10.7. The fourth-order valence-electron chi connectivity index (χ4n) is 4.78. The van der Waals surface area contributed by atoms with Gasteiger partial charge in [-0.05, 0) is 50.4 Å². The van der Waals surface area contributed by atoms with Crippen LogP contribution >= 0.6 is 36.2 Å². The molecule has 0 aliphatic carbocycles. The van der Waals surface area contributed by atoms with Gasteiger partial charge in [-0.3, -0.25) is 4.79 Å². The molecular weight excluding hydrogens is 469 g/mol. The highest BCUT2D eigenvalue weighted by Crippen LogP contribution is 2.44. The van der Waals surface area contributed by atoms with E-state index in [2.05, 4.69) is 39.2 Å². The lowest BCUT2D eigenvalue weighted by Crippen LogP contribution is -2.49. The highest BCUT2D eigenvalue weighted by atomic mass is 35.5. The molecule has 0 radical (unpaired) electrons. The standard InChI is InChI=1S/C22H29N5O2S.2ClH/c1-2-17-14-19(25-15-24-17)26-8-10-27(11-9-26)21(28)18-13-16-3-12-29-22(20(16)30-18)4-6-23-7-5-22;;/h13-15,23H,2-12H2,1H3;2*1H. The molecule has 3 aliphatic rings. The number of aromatic nitrogens is 2. The number of thiophene rings is 1. The van der Waals surface area contributed by atoms with E-state index in [1.54, 1.807) is 17.7 Å². The third-order valence-corrected chi connectivity index (χ3v) is 7.91. The lowest BCUT2D eigenvalue weighted by atomic mass is 9.86. The molecule has 5 rings (SSSR count). The van der Waals surface area contributed by atoms with Gasteiger partial charge < -0.3 is 19.9 Å². The molecular formula is C22H31Cl2N5O2S. The first-order valence-corrected chi connectivity index (χ1v) is 11.8. The lowest BCUT2D eigenvalue weighted by molar-refractivity contribution is -0.0771. The number of rotatable bonds is 3. The molecule has 0 saturated carbocycles. The maximum atomic E-state index is 13.3. The van der Waals surface area contributed by atoms with Crippen LogP contribution in [0.5, 0.6) is 0 Å². The molecule has 0 bridgehead atoms. The number of piperidine rings is 1. The van der Waals surface area contributed by atoms with Gasteiger partial charge in [0, 0.05) is 42.8 Å². The van der Waals surface area contributed by atoms with Crippen LogP contribution in [0.3, 0.4) is 0 Å². The van der Waals surface area contributed by atoms with Gasteiger partial charge in [-0.25, -0.2) is 9.97 Å². The van der Waals surface area contributed by atoms with Gasteiger partial charge in [0.1, 0.15) is 17.7 Å². The first-order valence-electron chi connectivity index (χ1n) is 11.0. The molecule has 5 heterocycles. The van der Waals surface area contributed by atoms with Crippen LogP contribution in [0.4, 0.5) is 5.82 Å².